The summed E-state index contributed by atoms with van der Waals surface area (Å²) < 4.78 is 11.0. The lowest BCUT2D eigenvalue weighted by atomic mass is 10.0. The molecule has 0 aliphatic carbocycles. The van der Waals surface area contributed by atoms with E-state index in [1.54, 1.807) is 35.7 Å². The van der Waals surface area contributed by atoms with Crippen LogP contribution in [0.2, 0.25) is 0 Å². The fourth-order valence-corrected chi connectivity index (χ4v) is 5.38. The van der Waals surface area contributed by atoms with Gasteiger partial charge < -0.3 is 36.5 Å². The van der Waals surface area contributed by atoms with Crippen molar-refractivity contribution in [1.82, 2.24) is 16.0 Å². The van der Waals surface area contributed by atoms with Crippen LogP contribution in [0.3, 0.4) is 0 Å². The third-order valence-corrected chi connectivity index (χ3v) is 7.84. The molecule has 0 aliphatic heterocycles. The molecule has 0 aliphatic rings. The number of hydrogen-bond donors (Lipinski definition) is 5. The molecule has 246 valence electrons. The summed E-state index contributed by atoms with van der Waals surface area (Å²) in [5, 5.41) is 12.9. The predicted octanol–water partition coefficient (Wildman–Crippen LogP) is 4.31. The first-order chi connectivity index (χ1) is 22.7. The van der Waals surface area contributed by atoms with E-state index in [-0.39, 0.29) is 36.3 Å². The Hall–Kier alpha value is -5.20. The third-order valence-electron chi connectivity index (χ3n) is 7.05. The van der Waals surface area contributed by atoms with Crippen molar-refractivity contribution >= 4 is 40.8 Å². The van der Waals surface area contributed by atoms with Crippen molar-refractivity contribution in [3.05, 3.63) is 113 Å². The molecule has 0 saturated heterocycles. The van der Waals surface area contributed by atoms with Gasteiger partial charge in [0.1, 0.15) is 17.8 Å². The van der Waals surface area contributed by atoms with E-state index in [0.717, 1.165) is 33.6 Å². The maximum Gasteiger partial charge on any atom is 0.414 e. The van der Waals surface area contributed by atoms with Crippen molar-refractivity contribution in [3.8, 4) is 10.8 Å². The van der Waals surface area contributed by atoms with E-state index in [9.17, 15) is 19.2 Å². The molecule has 0 fully saturated rings. The van der Waals surface area contributed by atoms with Gasteiger partial charge in [0.05, 0.1) is 12.3 Å². The molecule has 0 radical (unpaired) electrons. The fourth-order valence-electron chi connectivity index (χ4n) is 4.68. The lowest BCUT2D eigenvalue weighted by molar-refractivity contribution is -0.130. The molecule has 4 aromatic rings. The maximum absolute atomic E-state index is 13.9. The number of hydrogen-bond acceptors (Lipinski definition) is 8. The van der Waals surface area contributed by atoms with Crippen LogP contribution in [0, 0.1) is 0 Å². The van der Waals surface area contributed by atoms with Crippen molar-refractivity contribution in [2.24, 2.45) is 5.73 Å². The number of carbonyl (C=O) groups is 4. The van der Waals surface area contributed by atoms with E-state index in [1.165, 1.54) is 6.92 Å². The molecule has 4 amide bonds. The number of nitrogens with two attached hydrogens (primary N) is 1. The highest BCUT2D eigenvalue weighted by atomic mass is 32.1. The van der Waals surface area contributed by atoms with Gasteiger partial charge >= 0.3 is 6.09 Å². The van der Waals surface area contributed by atoms with E-state index < -0.39 is 24.1 Å². The molecule has 1 aromatic heterocycles. The van der Waals surface area contributed by atoms with Gasteiger partial charge in [0, 0.05) is 32.9 Å². The van der Waals surface area contributed by atoms with Gasteiger partial charge in [0.25, 0.3) is 0 Å². The molecule has 47 heavy (non-hydrogen) atoms. The highest BCUT2D eigenvalue weighted by Crippen LogP contribution is 2.31. The van der Waals surface area contributed by atoms with Gasteiger partial charge in [0.15, 0.2) is 0 Å². The van der Waals surface area contributed by atoms with Crippen LogP contribution in [0.15, 0.2) is 90.3 Å². The lowest BCUT2D eigenvalue weighted by Crippen LogP contribution is -2.55. The monoisotopic (exact) mass is 657 g/mol. The van der Waals surface area contributed by atoms with E-state index in [2.05, 4.69) is 21.3 Å². The first-order valence-electron chi connectivity index (χ1n) is 15.2. The highest BCUT2D eigenvalue weighted by Gasteiger charge is 2.28. The summed E-state index contributed by atoms with van der Waals surface area (Å²) in [7, 11) is 0. The Morgan fingerprint density at radius 2 is 1.38 bits per heavy atom. The number of rotatable bonds is 15. The quantitative estimate of drug-likeness (QED) is 0.127. The van der Waals surface area contributed by atoms with E-state index in [0.29, 0.717) is 24.6 Å². The number of nitrogens with one attached hydrogen (secondary N) is 4. The van der Waals surface area contributed by atoms with Gasteiger partial charge in [-0.05, 0) is 52.8 Å². The Morgan fingerprint density at radius 3 is 2.02 bits per heavy atom. The first kappa shape index (κ1) is 34.7. The summed E-state index contributed by atoms with van der Waals surface area (Å²) in [6, 6.07) is 23.6. The molecule has 6 N–H and O–H groups in total. The first-order valence-corrected chi connectivity index (χ1v) is 16.1. The van der Waals surface area contributed by atoms with Crippen LogP contribution >= 0.6 is 11.3 Å². The van der Waals surface area contributed by atoms with Gasteiger partial charge in [-0.25, -0.2) is 4.79 Å². The van der Waals surface area contributed by atoms with Gasteiger partial charge in [-0.1, -0.05) is 66.7 Å². The minimum absolute atomic E-state index is 0.101. The second kappa shape index (κ2) is 17.5. The third kappa shape index (κ3) is 11.0. The van der Waals surface area contributed by atoms with Crippen LogP contribution in [0.4, 0.5) is 10.5 Å². The van der Waals surface area contributed by atoms with Crippen LogP contribution in [-0.4, -0.2) is 42.5 Å². The molecular weight excluding hydrogens is 618 g/mol. The Morgan fingerprint density at radius 1 is 0.766 bits per heavy atom. The van der Waals surface area contributed by atoms with E-state index >= 15 is 0 Å². The van der Waals surface area contributed by atoms with E-state index in [1.807, 2.05) is 61.5 Å². The second-order valence-electron chi connectivity index (χ2n) is 10.7. The van der Waals surface area contributed by atoms with Crippen LogP contribution < -0.4 is 36.5 Å². The van der Waals surface area contributed by atoms with Gasteiger partial charge in [0.2, 0.25) is 22.8 Å². The minimum Gasteiger partial charge on any atom is -0.494 e. The van der Waals surface area contributed by atoms with Gasteiger partial charge in [-0.15, -0.1) is 11.3 Å². The summed E-state index contributed by atoms with van der Waals surface area (Å²) in [6.45, 7) is 4.40. The Bertz CT molecular complexity index is 1630. The molecule has 1 heterocycles. The van der Waals surface area contributed by atoms with Gasteiger partial charge in [-0.3, -0.25) is 14.4 Å². The lowest BCUT2D eigenvalue weighted by Gasteiger charge is -2.23. The topological polar surface area (TPSA) is 161 Å². The van der Waals surface area contributed by atoms with Crippen LogP contribution in [-0.2, 0) is 40.3 Å². The number of amides is 4. The average Bonchev–Trinajstić information content (AvgIpc) is 3.49. The Kier molecular flexibility index (Phi) is 12.9. The number of anilines is 1. The summed E-state index contributed by atoms with van der Waals surface area (Å²) in [6.07, 6.45) is -0.570. The zero-order chi connectivity index (χ0) is 33.6. The van der Waals surface area contributed by atoms with E-state index in [4.69, 9.17) is 15.2 Å². The molecule has 0 saturated carbocycles. The van der Waals surface area contributed by atoms with Gasteiger partial charge in [-0.2, -0.15) is 0 Å². The summed E-state index contributed by atoms with van der Waals surface area (Å²) >= 11 is 1.12. The highest BCUT2D eigenvalue weighted by molar-refractivity contribution is 7.12. The predicted molar refractivity (Wildman–Crippen MR) is 181 cm³/mol. The van der Waals surface area contributed by atoms with Crippen molar-refractivity contribution in [1.29, 1.82) is 0 Å². The summed E-state index contributed by atoms with van der Waals surface area (Å²) in [4.78, 5) is 52.0. The average molecular weight is 658 g/mol. The number of carbonyl (C=O) groups excluding carboxylic acids is 4. The zero-order valence-corrected chi connectivity index (χ0v) is 27.1. The number of ether oxygens (including phenoxy) is 2. The minimum atomic E-state index is -1.11. The summed E-state index contributed by atoms with van der Waals surface area (Å²) in [5.74, 6) is -0.611. The molecule has 12 heteroatoms. The molecule has 0 bridgehead atoms. The molecule has 2 atom stereocenters. The summed E-state index contributed by atoms with van der Waals surface area (Å²) in [5.41, 5.74) is 9.48. The number of thiophene rings is 1. The molecule has 0 unspecified atom stereocenters. The van der Waals surface area contributed by atoms with Crippen LogP contribution in [0.25, 0.3) is 0 Å². The Labute approximate surface area is 277 Å². The normalized spacial score (nSPS) is 11.9. The molecule has 11 nitrogen and oxygen atoms in total. The molecular formula is C35H39N5O6S. The van der Waals surface area contributed by atoms with Crippen molar-refractivity contribution in [3.63, 3.8) is 0 Å². The fraction of sp³-hybridized carbons (Fsp3) is 0.257. The van der Waals surface area contributed by atoms with Crippen molar-refractivity contribution in [2.45, 2.75) is 51.9 Å². The Balaban J connectivity index is 1.52. The molecule has 0 spiro atoms. The number of benzene rings is 3. The van der Waals surface area contributed by atoms with Crippen molar-refractivity contribution in [2.75, 3.05) is 11.9 Å². The smallest absolute Gasteiger partial charge is 0.414 e. The molecule has 3 aromatic carbocycles. The molecule has 4 rings (SSSR count). The largest absolute Gasteiger partial charge is 0.494 e. The SMILES string of the molecule is CCOc1ccc(C[C@@H](NC(=O)Oc2sccc2NC(C)=O)C(=O)N[C@@H](Cc2ccccc2)C(=O)NCc2ccc(CN)cc2)cc1. The van der Waals surface area contributed by atoms with Crippen molar-refractivity contribution < 1.29 is 28.7 Å². The zero-order valence-electron chi connectivity index (χ0n) is 26.3. The second-order valence-corrected chi connectivity index (χ2v) is 11.5. The van der Waals surface area contributed by atoms with Crippen LogP contribution in [0.5, 0.6) is 10.8 Å². The van der Waals surface area contributed by atoms with Crippen LogP contribution in [0.1, 0.15) is 36.1 Å². The standard InChI is InChI=1S/C35H39N5O6S/c1-3-45-28-15-13-25(14-16-28)20-31(40-35(44)46-34-29(17-18-47-34)38-23(2)41)33(43)39-30(19-24-7-5-4-6-8-24)32(42)37-22-27-11-9-26(21-36)10-12-27/h4-18,30-31H,3,19-22,36H2,1-2H3,(H,37,42)(H,38,41)(H,39,43)(H,40,44)/t30-,31+/m0/s1. The maximum atomic E-state index is 13.9.